The molecule has 29 heavy (non-hydrogen) atoms. The summed E-state index contributed by atoms with van der Waals surface area (Å²) < 4.78 is 0. The first-order valence-electron chi connectivity index (χ1n) is 9.30. The number of rotatable bonds is 4. The Kier molecular flexibility index (Phi) is 5.43. The molecule has 3 amide bonds. The molecular formula is C22H18Cl2N2O3. The SMILES string of the molecule is O=C(c1ccc(Cl)cc1)N(Cc1ccc(Cl)cc1)N1C(=O)[C@@H]2CC=CC[C@H]2C1=O. The summed E-state index contributed by atoms with van der Waals surface area (Å²) in [7, 11) is 0. The summed E-state index contributed by atoms with van der Waals surface area (Å²) in [6, 6.07) is 13.3. The van der Waals surface area contributed by atoms with E-state index < -0.39 is 17.7 Å². The van der Waals surface area contributed by atoms with Gasteiger partial charge in [0.05, 0.1) is 18.4 Å². The van der Waals surface area contributed by atoms with E-state index in [4.69, 9.17) is 23.2 Å². The highest BCUT2D eigenvalue weighted by molar-refractivity contribution is 6.30. The molecular weight excluding hydrogens is 411 g/mol. The van der Waals surface area contributed by atoms with E-state index in [9.17, 15) is 14.4 Å². The summed E-state index contributed by atoms with van der Waals surface area (Å²) >= 11 is 11.9. The number of imide groups is 1. The molecule has 1 saturated heterocycles. The molecule has 0 bridgehead atoms. The minimum atomic E-state index is -0.440. The van der Waals surface area contributed by atoms with Crippen molar-refractivity contribution in [2.75, 3.05) is 0 Å². The summed E-state index contributed by atoms with van der Waals surface area (Å²) in [4.78, 5) is 39.4. The van der Waals surface area contributed by atoms with Crippen LogP contribution in [-0.2, 0) is 16.1 Å². The van der Waals surface area contributed by atoms with Crippen LogP contribution >= 0.6 is 23.2 Å². The topological polar surface area (TPSA) is 57.7 Å². The molecule has 2 atom stereocenters. The summed E-state index contributed by atoms with van der Waals surface area (Å²) in [5, 5.41) is 3.33. The van der Waals surface area contributed by atoms with Gasteiger partial charge < -0.3 is 0 Å². The second kappa shape index (κ2) is 8.01. The van der Waals surface area contributed by atoms with Crippen molar-refractivity contribution in [3.63, 3.8) is 0 Å². The van der Waals surface area contributed by atoms with E-state index in [1.54, 1.807) is 48.5 Å². The smallest absolute Gasteiger partial charge is 0.272 e. The molecule has 2 aromatic carbocycles. The van der Waals surface area contributed by atoms with E-state index in [-0.39, 0.29) is 18.4 Å². The van der Waals surface area contributed by atoms with Crippen LogP contribution in [0.15, 0.2) is 60.7 Å². The first-order valence-corrected chi connectivity index (χ1v) is 10.1. The van der Waals surface area contributed by atoms with Crippen LogP contribution in [-0.4, -0.2) is 27.7 Å². The quantitative estimate of drug-likeness (QED) is 0.531. The summed E-state index contributed by atoms with van der Waals surface area (Å²) in [5.74, 6) is -1.94. The van der Waals surface area contributed by atoms with Crippen molar-refractivity contribution < 1.29 is 14.4 Å². The molecule has 1 aliphatic heterocycles. The molecule has 0 radical (unpaired) electrons. The molecule has 2 aromatic rings. The van der Waals surface area contributed by atoms with E-state index in [0.717, 1.165) is 10.6 Å². The molecule has 7 heteroatoms. The highest BCUT2D eigenvalue weighted by Crippen LogP contribution is 2.36. The van der Waals surface area contributed by atoms with Crippen LogP contribution in [0.5, 0.6) is 0 Å². The summed E-state index contributed by atoms with van der Waals surface area (Å²) in [5.41, 5.74) is 1.10. The normalized spacial score (nSPS) is 20.7. The molecule has 1 aliphatic carbocycles. The Morgan fingerprint density at radius 2 is 1.34 bits per heavy atom. The Labute approximate surface area is 178 Å². The van der Waals surface area contributed by atoms with Crippen molar-refractivity contribution in [3.8, 4) is 0 Å². The first kappa shape index (κ1) is 19.7. The number of benzene rings is 2. The maximum Gasteiger partial charge on any atom is 0.273 e. The van der Waals surface area contributed by atoms with Gasteiger partial charge in [-0.25, -0.2) is 5.01 Å². The standard InChI is InChI=1S/C22H18Cl2N2O3/c23-16-9-5-14(6-10-16)13-25(20(27)15-7-11-17(24)12-8-15)26-21(28)18-3-1-2-4-19(18)22(26)29/h1-2,5-12,18-19H,3-4,13H2/t18-,19-/m1/s1. The largest absolute Gasteiger partial charge is 0.273 e. The Morgan fingerprint density at radius 1 is 0.862 bits per heavy atom. The molecule has 0 unspecified atom stereocenters. The van der Waals surface area contributed by atoms with Gasteiger partial charge in [0.1, 0.15) is 0 Å². The van der Waals surface area contributed by atoms with Crippen molar-refractivity contribution in [1.82, 2.24) is 10.0 Å². The maximum atomic E-state index is 13.3. The maximum absolute atomic E-state index is 13.3. The fourth-order valence-corrected chi connectivity index (χ4v) is 4.01. The average molecular weight is 429 g/mol. The lowest BCUT2D eigenvalue weighted by Gasteiger charge is -2.30. The second-order valence-corrected chi connectivity index (χ2v) is 8.01. The molecule has 148 valence electrons. The fraction of sp³-hybridized carbons (Fsp3) is 0.227. The zero-order valence-electron chi connectivity index (χ0n) is 15.4. The first-order chi connectivity index (χ1) is 14.0. The van der Waals surface area contributed by atoms with Crippen LogP contribution in [0, 0.1) is 11.8 Å². The van der Waals surface area contributed by atoms with Gasteiger partial charge in [0.25, 0.3) is 17.7 Å². The Bertz CT molecular complexity index is 960. The second-order valence-electron chi connectivity index (χ2n) is 7.14. The highest BCUT2D eigenvalue weighted by Gasteiger charge is 2.50. The van der Waals surface area contributed by atoms with E-state index >= 15 is 0 Å². The van der Waals surface area contributed by atoms with Crippen molar-refractivity contribution in [1.29, 1.82) is 0 Å². The molecule has 0 aromatic heterocycles. The number of hydrogen-bond donors (Lipinski definition) is 0. The highest BCUT2D eigenvalue weighted by atomic mass is 35.5. The van der Waals surface area contributed by atoms with Crippen LogP contribution in [0.1, 0.15) is 28.8 Å². The van der Waals surface area contributed by atoms with E-state index in [1.165, 1.54) is 5.01 Å². The molecule has 0 N–H and O–H groups in total. The zero-order chi connectivity index (χ0) is 20.5. The number of fused-ring (bicyclic) bond motifs is 1. The van der Waals surface area contributed by atoms with Crippen molar-refractivity contribution >= 4 is 40.9 Å². The predicted octanol–water partition coefficient (Wildman–Crippen LogP) is 4.50. The van der Waals surface area contributed by atoms with Gasteiger partial charge in [-0.3, -0.25) is 14.4 Å². The molecule has 2 aliphatic rings. The number of halogens is 2. The van der Waals surface area contributed by atoms with Gasteiger partial charge in [-0.2, -0.15) is 5.01 Å². The molecule has 1 fully saturated rings. The third-order valence-electron chi connectivity index (χ3n) is 5.30. The zero-order valence-corrected chi connectivity index (χ0v) is 16.9. The number of allylic oxidation sites excluding steroid dienone is 2. The van der Waals surface area contributed by atoms with Gasteiger partial charge in [-0.1, -0.05) is 47.5 Å². The Hall–Kier alpha value is -2.63. The van der Waals surface area contributed by atoms with Crippen molar-refractivity contribution in [3.05, 3.63) is 81.9 Å². The van der Waals surface area contributed by atoms with Crippen LogP contribution in [0.2, 0.25) is 10.0 Å². The van der Waals surface area contributed by atoms with Gasteiger partial charge in [-0.15, -0.1) is 0 Å². The lowest BCUT2D eigenvalue weighted by atomic mass is 9.85. The fourth-order valence-electron chi connectivity index (χ4n) is 3.76. The van der Waals surface area contributed by atoms with Crippen LogP contribution in [0.3, 0.4) is 0 Å². The van der Waals surface area contributed by atoms with E-state index in [1.807, 2.05) is 12.2 Å². The van der Waals surface area contributed by atoms with Crippen molar-refractivity contribution in [2.24, 2.45) is 11.8 Å². The van der Waals surface area contributed by atoms with Gasteiger partial charge in [0, 0.05) is 15.6 Å². The summed E-state index contributed by atoms with van der Waals surface area (Å²) in [6.45, 7) is 0.0724. The number of nitrogens with zero attached hydrogens (tertiary/aromatic N) is 2. The lowest BCUT2D eigenvalue weighted by Crippen LogP contribution is -2.49. The van der Waals surface area contributed by atoms with Crippen LogP contribution in [0.25, 0.3) is 0 Å². The Morgan fingerprint density at radius 3 is 1.86 bits per heavy atom. The average Bonchev–Trinajstić information content (AvgIpc) is 2.98. The predicted molar refractivity (Wildman–Crippen MR) is 110 cm³/mol. The van der Waals surface area contributed by atoms with Gasteiger partial charge in [0.15, 0.2) is 0 Å². The molecule has 5 nitrogen and oxygen atoms in total. The van der Waals surface area contributed by atoms with E-state index in [0.29, 0.717) is 28.5 Å². The van der Waals surface area contributed by atoms with E-state index in [2.05, 4.69) is 0 Å². The van der Waals surface area contributed by atoms with Crippen LogP contribution < -0.4 is 0 Å². The number of hydrazine groups is 1. The molecule has 0 spiro atoms. The number of hydrogen-bond acceptors (Lipinski definition) is 3. The minimum absolute atomic E-state index is 0.0724. The number of carbonyl (C=O) groups is 3. The lowest BCUT2D eigenvalue weighted by molar-refractivity contribution is -0.155. The number of amides is 3. The molecule has 0 saturated carbocycles. The minimum Gasteiger partial charge on any atom is -0.272 e. The third-order valence-corrected chi connectivity index (χ3v) is 5.80. The van der Waals surface area contributed by atoms with Crippen LogP contribution in [0.4, 0.5) is 0 Å². The third kappa shape index (κ3) is 3.80. The Balaban J connectivity index is 1.70. The van der Waals surface area contributed by atoms with Gasteiger partial charge in [0.2, 0.25) is 0 Å². The molecule has 1 heterocycles. The van der Waals surface area contributed by atoms with Gasteiger partial charge in [-0.05, 0) is 54.8 Å². The monoisotopic (exact) mass is 428 g/mol. The molecule has 4 rings (SSSR count). The van der Waals surface area contributed by atoms with Gasteiger partial charge >= 0.3 is 0 Å². The number of carbonyl (C=O) groups excluding carboxylic acids is 3. The summed E-state index contributed by atoms with van der Waals surface area (Å²) in [6.07, 6.45) is 4.85. The van der Waals surface area contributed by atoms with Crippen molar-refractivity contribution in [2.45, 2.75) is 19.4 Å².